The first-order chi connectivity index (χ1) is 69.1. The van der Waals surface area contributed by atoms with Crippen LogP contribution in [0.3, 0.4) is 0 Å². The van der Waals surface area contributed by atoms with Crippen LogP contribution in [0.25, 0.3) is 0 Å². The minimum atomic E-state index is -4.84. The number of nitrogens with zero attached hydrogens (tertiary/aromatic N) is 22. The van der Waals surface area contributed by atoms with Crippen molar-refractivity contribution in [2.75, 3.05) is 40.2 Å². The van der Waals surface area contributed by atoms with Gasteiger partial charge in [0.25, 0.3) is 40.5 Å². The zero-order valence-corrected chi connectivity index (χ0v) is 80.9. The number of nitrogens with one attached hydrogen (secondary N) is 4. The fourth-order valence-corrected chi connectivity index (χ4v) is 16.1. The van der Waals surface area contributed by atoms with Crippen LogP contribution < -0.4 is 30.7 Å². The second-order valence-electron chi connectivity index (χ2n) is 31.7. The molecule has 0 saturated heterocycles. The number of azo groups is 8. The average Bonchev–Trinajstić information content (AvgIpc) is 0.804. The molecule has 9 N–H and O–H groups in total. The predicted molar refractivity (Wildman–Crippen MR) is 539 cm³/mol. The summed E-state index contributed by atoms with van der Waals surface area (Å²) in [5.41, 5.74) is 11.8. The van der Waals surface area contributed by atoms with Gasteiger partial charge in [0.2, 0.25) is 23.8 Å². The van der Waals surface area contributed by atoms with Gasteiger partial charge >= 0.3 is 0 Å². The smallest absolute Gasteiger partial charge is 0.296 e. The van der Waals surface area contributed by atoms with E-state index in [1.165, 1.54) is 72.8 Å². The summed E-state index contributed by atoms with van der Waals surface area (Å²) >= 11 is -2.48. The largest absolute Gasteiger partial charge is 0.493 e. The van der Waals surface area contributed by atoms with E-state index in [1.54, 1.807) is 160 Å². The Morgan fingerprint density at radius 2 is 0.729 bits per heavy atom. The van der Waals surface area contributed by atoms with Crippen molar-refractivity contribution in [2.45, 2.75) is 86.4 Å². The van der Waals surface area contributed by atoms with E-state index in [2.05, 4.69) is 103 Å². The summed E-state index contributed by atoms with van der Waals surface area (Å²) in [4.78, 5) is 28.2. The van der Waals surface area contributed by atoms with Crippen molar-refractivity contribution in [3.63, 3.8) is 0 Å². The van der Waals surface area contributed by atoms with E-state index in [4.69, 9.17) is 39.4 Å². The molecule has 0 aliphatic heterocycles. The molecule has 0 bridgehead atoms. The molecular weight excluding hydrogens is 1950 g/mol. The van der Waals surface area contributed by atoms with E-state index in [0.29, 0.717) is 138 Å². The Hall–Kier alpha value is -16.8. The van der Waals surface area contributed by atoms with Gasteiger partial charge in [-0.15, -0.1) is 10.2 Å². The lowest BCUT2D eigenvalue weighted by molar-refractivity contribution is 0.314. The molecule has 15 rings (SSSR count). The van der Waals surface area contributed by atoms with Crippen LogP contribution in [0.5, 0.6) is 11.5 Å². The van der Waals surface area contributed by atoms with Crippen LogP contribution >= 0.6 is 0 Å². The molecular formula is C97H86N26O16S5. The number of hydrogen-bond donors (Lipinski definition) is 9. The molecule has 2 heterocycles. The van der Waals surface area contributed by atoms with Crippen LogP contribution in [0.1, 0.15) is 70.4 Å². The Morgan fingerprint density at radius 1 is 0.333 bits per heavy atom. The minimum absolute atomic E-state index is 0.0204. The fraction of sp³-hybridized carbons (Fsp3) is 0.134. The number of aryl methyl sites for hydroxylation is 4. The maximum atomic E-state index is 12.8. The van der Waals surface area contributed by atoms with E-state index in [-0.39, 0.29) is 99.4 Å². The Balaban J connectivity index is 0.707. The van der Waals surface area contributed by atoms with Gasteiger partial charge in [-0.25, -0.2) is 9.19 Å². The molecule has 47 heteroatoms. The van der Waals surface area contributed by atoms with Gasteiger partial charge in [0.1, 0.15) is 39.4 Å². The highest BCUT2D eigenvalue weighted by molar-refractivity contribution is 7.86. The van der Waals surface area contributed by atoms with Gasteiger partial charge in [0.05, 0.1) is 119 Å². The maximum Gasteiger partial charge on any atom is 0.296 e. The van der Waals surface area contributed by atoms with E-state index >= 15 is 0 Å². The minimum Gasteiger partial charge on any atom is -0.493 e. The van der Waals surface area contributed by atoms with Crippen molar-refractivity contribution in [2.24, 2.45) is 81.8 Å². The lowest BCUT2D eigenvalue weighted by Crippen LogP contribution is -2.12. The summed E-state index contributed by atoms with van der Waals surface area (Å²) in [6.07, 6.45) is 0.855. The quantitative estimate of drug-likeness (QED) is 0.00743. The highest BCUT2D eigenvalue weighted by Gasteiger charge is 2.23. The summed E-state index contributed by atoms with van der Waals surface area (Å²) in [7, 11) is -18.0. The zero-order valence-electron chi connectivity index (χ0n) is 76.8. The van der Waals surface area contributed by atoms with Gasteiger partial charge in [-0.3, -0.25) is 18.2 Å². The van der Waals surface area contributed by atoms with Crippen molar-refractivity contribution >= 4 is 183 Å². The van der Waals surface area contributed by atoms with Crippen molar-refractivity contribution in [1.29, 1.82) is 0 Å². The summed E-state index contributed by atoms with van der Waals surface area (Å²) in [5, 5.41) is 82.3. The highest BCUT2D eigenvalue weighted by Crippen LogP contribution is 2.41. The van der Waals surface area contributed by atoms with Crippen LogP contribution in [-0.4, -0.2) is 110 Å². The van der Waals surface area contributed by atoms with Crippen molar-refractivity contribution in [3.8, 4) is 11.5 Å². The summed E-state index contributed by atoms with van der Waals surface area (Å²) in [5.74, 6) is 0.936. The molecule has 144 heavy (non-hydrogen) atoms. The number of benzene rings is 13. The topological polar surface area (TPSA) is 596 Å². The molecule has 0 aliphatic carbocycles. The molecule has 0 spiro atoms. The van der Waals surface area contributed by atoms with Crippen molar-refractivity contribution in [1.82, 2.24) is 29.9 Å². The third kappa shape index (κ3) is 29.4. The molecule has 730 valence electrons. The molecule has 0 radical (unpaired) electrons. The first-order valence-corrected chi connectivity index (χ1v) is 50.7. The van der Waals surface area contributed by atoms with Gasteiger partial charge in [-0.1, -0.05) is 67.6 Å². The Morgan fingerprint density at radius 3 is 1.24 bits per heavy atom. The van der Waals surface area contributed by atoms with Gasteiger partial charge in [-0.2, -0.15) is 130 Å². The molecule has 0 amide bonds. The molecule has 15 aromatic rings. The second kappa shape index (κ2) is 46.5. The number of ether oxygens (including phenoxy) is 2. The van der Waals surface area contributed by atoms with Crippen LogP contribution in [-0.2, 0) is 70.9 Å². The third-order valence-electron chi connectivity index (χ3n) is 20.7. The number of aromatic nitrogens is 6. The van der Waals surface area contributed by atoms with Crippen LogP contribution in [0.2, 0.25) is 0 Å². The molecule has 0 fully saturated rings. The average molecular weight is 2030 g/mol. The molecule has 13 aromatic carbocycles. The van der Waals surface area contributed by atoms with Gasteiger partial charge in [0, 0.05) is 48.5 Å². The van der Waals surface area contributed by atoms with Gasteiger partial charge in [0.15, 0.2) is 11.1 Å². The number of anilines is 7. The zero-order chi connectivity index (χ0) is 101. The normalized spacial score (nSPS) is 12.5. The number of hydrogen-bond acceptors (Lipinski definition) is 37. The summed E-state index contributed by atoms with van der Waals surface area (Å²) < 4.78 is 170. The summed E-state index contributed by atoms with van der Waals surface area (Å²) in [6, 6.07) is 75.0. The molecule has 2 aromatic heterocycles. The molecule has 0 saturated carbocycles. The first-order valence-electron chi connectivity index (χ1n) is 43.6. The first kappa shape index (κ1) is 102. The van der Waals surface area contributed by atoms with E-state index < -0.39 is 62.2 Å². The van der Waals surface area contributed by atoms with Crippen LogP contribution in [0.15, 0.2) is 380 Å². The fourth-order valence-electron chi connectivity index (χ4n) is 13.5. The molecule has 1 unspecified atom stereocenters. The second-order valence-corrected chi connectivity index (χ2v) is 38.4. The van der Waals surface area contributed by atoms with Crippen molar-refractivity contribution in [3.05, 3.63) is 330 Å². The van der Waals surface area contributed by atoms with Crippen LogP contribution in [0.4, 0.5) is 132 Å². The Kier molecular flexibility index (Phi) is 32.9. The highest BCUT2D eigenvalue weighted by atomic mass is 32.2. The van der Waals surface area contributed by atoms with Gasteiger partial charge in [-0.05, 0) is 280 Å². The monoisotopic (exact) mass is 2030 g/mol. The third-order valence-corrected chi connectivity index (χ3v) is 24.8. The maximum absolute atomic E-state index is 12.8. The lowest BCUT2D eigenvalue weighted by atomic mass is 10.0. The van der Waals surface area contributed by atoms with Crippen molar-refractivity contribution < 1.29 is 70.1 Å². The Bertz CT molecular complexity index is 8030. The summed E-state index contributed by atoms with van der Waals surface area (Å²) in [6.45, 7) is 9.49. The number of rotatable bonds is 41. The standard InChI is InChI=1S/C97H86N26O16S5/c1-6-46-138-88-57-85(123-121-84-45-37-78(56-91(84)144(135,136)137)117-109-69-16-11-8-12-17-69)61(3)50-66(88)54-93-102-92(53-65-20-42-81(60(2)49-65)118-114-72-27-23-70(24-28-72)110-112-74-31-38-79(39-32-74)142(129,130)131)103-94(104-93)98-59-64-18-21-67(22-19-64)99-95-105-96(100-76-35-43-82(62(4)51-76)119-120-83-44-36-77(55-90(83)140(124)125)116-108-68-14-9-7-10-15-68)107-97(106-95)101-87-52-63(5)86(58-89(87)139-47-13-48-141(126,127)128)122-115-73-29-25-71(26-30-73)111-113-75-33-40-80(41-34-75)143(132,133)134/h7-12,14-45,49-52,55-58H,6,13,46-48,53-54,59H2,1-5H3,(H,124,125)(H,126,127,128)(H,129,130,131)(H,132,133,134)(H,135,136,137)(H,98,102,103,104)(H3,99,100,101,105,106,107). The van der Waals surface area contributed by atoms with E-state index in [1.807, 2.05) is 74.5 Å². The predicted octanol–water partition coefficient (Wildman–Crippen LogP) is 26.4. The van der Waals surface area contributed by atoms with E-state index in [9.17, 15) is 60.6 Å². The molecule has 0 aliphatic rings. The molecule has 42 nitrogen and oxygen atoms in total. The molecule has 1 atom stereocenters. The van der Waals surface area contributed by atoms with E-state index in [0.717, 1.165) is 22.8 Å². The van der Waals surface area contributed by atoms with Gasteiger partial charge < -0.3 is 35.3 Å². The Labute approximate surface area is 827 Å². The SMILES string of the molecule is CCCOc1cc(N=Nc2ccc(N=Nc3ccccc3)cc2S(=O)(=O)O)c(C)cc1Cc1nc(Cc2ccc(N=Nc3ccc(N=Nc4ccc(S(=O)(=O)O)cc4)cc3)c(C)c2)nc(NCc2ccc(Nc3nc(Nc4ccc(N=Nc5ccc(N=Nc6ccccc6)cc5S(=O)O)c(C)c4)nc(Nc4cc(C)c(N=Nc5ccc(N=Nc6ccc(S(=O)(=O)O)cc6)cc5)cc4OCCCS(=O)(=O)O)n3)cc2)n1. The van der Waals surface area contributed by atoms with Crippen LogP contribution in [0, 0.1) is 27.7 Å². The lowest BCUT2D eigenvalue weighted by Gasteiger charge is -2.16.